The Morgan fingerprint density at radius 3 is 2.56 bits per heavy atom. The molecule has 0 amide bonds. The predicted octanol–water partition coefficient (Wildman–Crippen LogP) is 3.24. The van der Waals surface area contributed by atoms with Crippen LogP contribution in [-0.4, -0.2) is 14.9 Å². The Morgan fingerprint density at radius 2 is 2.00 bits per heavy atom. The third-order valence-electron chi connectivity index (χ3n) is 3.03. The number of phenolic OH excluding ortho intramolecular Hbond substituents is 1. The van der Waals surface area contributed by atoms with Gasteiger partial charge in [-0.1, -0.05) is 38.5 Å². The topological polar surface area (TPSA) is 38.0 Å². The summed E-state index contributed by atoms with van der Waals surface area (Å²) in [4.78, 5) is 0. The van der Waals surface area contributed by atoms with Gasteiger partial charge in [0.05, 0.1) is 6.54 Å². The van der Waals surface area contributed by atoms with E-state index in [0.29, 0.717) is 12.3 Å². The van der Waals surface area contributed by atoms with E-state index in [1.807, 2.05) is 23.0 Å². The molecule has 0 aliphatic heterocycles. The highest BCUT2D eigenvalue weighted by Gasteiger charge is 2.20. The first-order valence-corrected chi connectivity index (χ1v) is 6.18. The lowest BCUT2D eigenvalue weighted by Crippen LogP contribution is -2.13. The van der Waals surface area contributed by atoms with Crippen LogP contribution in [0.2, 0.25) is 0 Å². The molecule has 1 aromatic heterocycles. The SMILES string of the molecule is Cc1cc(Cn2cccn2)c(O)c(C(C)(C)C)c1. The fourth-order valence-electron chi connectivity index (χ4n) is 2.11. The van der Waals surface area contributed by atoms with Gasteiger partial charge in [-0.2, -0.15) is 5.10 Å². The second kappa shape index (κ2) is 4.48. The van der Waals surface area contributed by atoms with E-state index in [1.54, 1.807) is 6.20 Å². The number of phenols is 1. The molecule has 1 N–H and O–H groups in total. The molecule has 1 heterocycles. The van der Waals surface area contributed by atoms with Crippen molar-refractivity contribution in [1.82, 2.24) is 9.78 Å². The summed E-state index contributed by atoms with van der Waals surface area (Å²) in [6.45, 7) is 8.99. The van der Waals surface area contributed by atoms with Gasteiger partial charge in [0, 0.05) is 18.0 Å². The van der Waals surface area contributed by atoms with Gasteiger partial charge in [-0.25, -0.2) is 0 Å². The predicted molar refractivity (Wildman–Crippen MR) is 72.9 cm³/mol. The van der Waals surface area contributed by atoms with E-state index in [1.165, 1.54) is 5.56 Å². The van der Waals surface area contributed by atoms with Gasteiger partial charge >= 0.3 is 0 Å². The van der Waals surface area contributed by atoms with E-state index in [4.69, 9.17) is 0 Å². The molecule has 0 radical (unpaired) electrons. The lowest BCUT2D eigenvalue weighted by atomic mass is 9.84. The summed E-state index contributed by atoms with van der Waals surface area (Å²) in [5.41, 5.74) is 3.02. The lowest BCUT2D eigenvalue weighted by molar-refractivity contribution is 0.436. The minimum atomic E-state index is -0.0605. The van der Waals surface area contributed by atoms with Gasteiger partial charge in [0.1, 0.15) is 5.75 Å². The molecule has 1 aromatic carbocycles. The van der Waals surface area contributed by atoms with Crippen molar-refractivity contribution in [2.24, 2.45) is 0 Å². The molecule has 0 fully saturated rings. The third kappa shape index (κ3) is 2.55. The summed E-state index contributed by atoms with van der Waals surface area (Å²) in [5, 5.41) is 14.6. The zero-order valence-electron chi connectivity index (χ0n) is 11.4. The van der Waals surface area contributed by atoms with Crippen molar-refractivity contribution in [2.75, 3.05) is 0 Å². The average molecular weight is 244 g/mol. The summed E-state index contributed by atoms with van der Waals surface area (Å²) >= 11 is 0. The van der Waals surface area contributed by atoms with Crippen molar-refractivity contribution in [2.45, 2.75) is 39.7 Å². The molecule has 18 heavy (non-hydrogen) atoms. The first-order chi connectivity index (χ1) is 8.38. The number of rotatable bonds is 2. The maximum absolute atomic E-state index is 10.4. The Hall–Kier alpha value is -1.77. The number of hydrogen-bond acceptors (Lipinski definition) is 2. The summed E-state index contributed by atoms with van der Waals surface area (Å²) in [6.07, 6.45) is 3.65. The zero-order chi connectivity index (χ0) is 13.3. The van der Waals surface area contributed by atoms with Crippen LogP contribution in [0.15, 0.2) is 30.6 Å². The van der Waals surface area contributed by atoms with Crippen LogP contribution in [0.3, 0.4) is 0 Å². The second-order valence-corrected chi connectivity index (χ2v) is 5.77. The fraction of sp³-hybridized carbons (Fsp3) is 0.400. The molecule has 0 unspecified atom stereocenters. The van der Waals surface area contributed by atoms with E-state index in [2.05, 4.69) is 38.9 Å². The molecule has 0 aliphatic rings. The van der Waals surface area contributed by atoms with Crippen molar-refractivity contribution in [3.63, 3.8) is 0 Å². The maximum Gasteiger partial charge on any atom is 0.124 e. The van der Waals surface area contributed by atoms with E-state index in [-0.39, 0.29) is 5.41 Å². The Morgan fingerprint density at radius 1 is 1.28 bits per heavy atom. The van der Waals surface area contributed by atoms with Crippen LogP contribution in [-0.2, 0) is 12.0 Å². The van der Waals surface area contributed by atoms with Gasteiger partial charge in [0.2, 0.25) is 0 Å². The highest BCUT2D eigenvalue weighted by molar-refractivity contribution is 5.46. The molecule has 96 valence electrons. The Bertz CT molecular complexity index is 536. The smallest absolute Gasteiger partial charge is 0.124 e. The van der Waals surface area contributed by atoms with E-state index in [9.17, 15) is 5.11 Å². The highest BCUT2D eigenvalue weighted by Crippen LogP contribution is 2.34. The standard InChI is InChI=1S/C15H20N2O/c1-11-8-12(10-17-7-5-6-16-17)14(18)13(9-11)15(2,3)4/h5-9,18H,10H2,1-4H3. The van der Waals surface area contributed by atoms with Crippen molar-refractivity contribution in [3.05, 3.63) is 47.3 Å². The number of benzene rings is 1. The highest BCUT2D eigenvalue weighted by atomic mass is 16.3. The van der Waals surface area contributed by atoms with Crippen LogP contribution in [0.5, 0.6) is 5.75 Å². The number of aryl methyl sites for hydroxylation is 1. The molecule has 0 saturated carbocycles. The van der Waals surface area contributed by atoms with Crippen LogP contribution >= 0.6 is 0 Å². The summed E-state index contributed by atoms with van der Waals surface area (Å²) in [7, 11) is 0. The van der Waals surface area contributed by atoms with Crippen molar-refractivity contribution in [1.29, 1.82) is 0 Å². The van der Waals surface area contributed by atoms with Gasteiger partial charge in [0.15, 0.2) is 0 Å². The lowest BCUT2D eigenvalue weighted by Gasteiger charge is -2.23. The number of hydrogen-bond donors (Lipinski definition) is 1. The van der Waals surface area contributed by atoms with Gasteiger partial charge < -0.3 is 5.11 Å². The van der Waals surface area contributed by atoms with E-state index in [0.717, 1.165) is 11.1 Å². The average Bonchev–Trinajstić information content (AvgIpc) is 2.74. The molecule has 3 heteroatoms. The minimum absolute atomic E-state index is 0.0605. The molecule has 0 bridgehead atoms. The quantitative estimate of drug-likeness (QED) is 0.880. The summed E-state index contributed by atoms with van der Waals surface area (Å²) in [5.74, 6) is 0.392. The van der Waals surface area contributed by atoms with Gasteiger partial charge in [0.25, 0.3) is 0 Å². The molecule has 3 nitrogen and oxygen atoms in total. The number of aromatic hydroxyl groups is 1. The molecular formula is C15H20N2O. The first kappa shape index (κ1) is 12.7. The molecule has 0 spiro atoms. The van der Waals surface area contributed by atoms with Crippen LogP contribution in [0.4, 0.5) is 0 Å². The fourth-order valence-corrected chi connectivity index (χ4v) is 2.11. The molecule has 0 aliphatic carbocycles. The molecular weight excluding hydrogens is 224 g/mol. The Balaban J connectivity index is 2.45. The normalized spacial score (nSPS) is 11.8. The van der Waals surface area contributed by atoms with Gasteiger partial charge in [-0.3, -0.25) is 4.68 Å². The van der Waals surface area contributed by atoms with Crippen LogP contribution in [0.1, 0.15) is 37.5 Å². The Kier molecular flexibility index (Phi) is 3.16. The summed E-state index contributed by atoms with van der Waals surface area (Å²) < 4.78 is 1.82. The molecule has 2 rings (SSSR count). The first-order valence-electron chi connectivity index (χ1n) is 6.18. The summed E-state index contributed by atoms with van der Waals surface area (Å²) in [6, 6.07) is 5.96. The van der Waals surface area contributed by atoms with Crippen molar-refractivity contribution >= 4 is 0 Å². The maximum atomic E-state index is 10.4. The molecule has 2 aromatic rings. The van der Waals surface area contributed by atoms with Crippen molar-refractivity contribution in [3.8, 4) is 5.75 Å². The van der Waals surface area contributed by atoms with Crippen LogP contribution < -0.4 is 0 Å². The zero-order valence-corrected chi connectivity index (χ0v) is 11.4. The van der Waals surface area contributed by atoms with E-state index < -0.39 is 0 Å². The Labute approximate surface area is 108 Å². The number of aromatic nitrogens is 2. The van der Waals surface area contributed by atoms with Crippen LogP contribution in [0.25, 0.3) is 0 Å². The second-order valence-electron chi connectivity index (χ2n) is 5.77. The number of nitrogens with zero attached hydrogens (tertiary/aromatic N) is 2. The van der Waals surface area contributed by atoms with Gasteiger partial charge in [-0.15, -0.1) is 0 Å². The van der Waals surface area contributed by atoms with E-state index >= 15 is 0 Å². The van der Waals surface area contributed by atoms with Gasteiger partial charge in [-0.05, 0) is 24.0 Å². The van der Waals surface area contributed by atoms with Crippen molar-refractivity contribution < 1.29 is 5.11 Å². The minimum Gasteiger partial charge on any atom is -0.507 e. The molecule has 0 atom stereocenters. The van der Waals surface area contributed by atoms with Crippen LogP contribution in [0, 0.1) is 6.92 Å². The largest absolute Gasteiger partial charge is 0.507 e. The molecule has 0 saturated heterocycles. The third-order valence-corrected chi connectivity index (χ3v) is 3.03. The monoisotopic (exact) mass is 244 g/mol.